The van der Waals surface area contributed by atoms with E-state index >= 15 is 0 Å². The normalized spacial score (nSPS) is 12.3. The Bertz CT molecular complexity index is 657. The van der Waals surface area contributed by atoms with Crippen molar-refractivity contribution in [2.45, 2.75) is 12.8 Å². The Labute approximate surface area is 133 Å². The Morgan fingerprint density at radius 2 is 1.86 bits per heavy atom. The van der Waals surface area contributed by atoms with Crippen molar-refractivity contribution in [3.05, 3.63) is 69.7 Å². The number of nitrogens with one attached hydrogen (secondary N) is 1. The molecule has 0 spiro atoms. The van der Waals surface area contributed by atoms with Crippen LogP contribution in [-0.2, 0) is 0 Å². The highest BCUT2D eigenvalue weighted by molar-refractivity contribution is 6.42. The molecule has 0 aliphatic heterocycles. The summed E-state index contributed by atoms with van der Waals surface area (Å²) in [6.45, 7) is 2.00. The van der Waals surface area contributed by atoms with E-state index in [9.17, 15) is 4.79 Å². The molecular formula is C16H14Cl2N2O. The van der Waals surface area contributed by atoms with E-state index < -0.39 is 0 Å². The smallest absolute Gasteiger partial charge is 0.267 e. The highest BCUT2D eigenvalue weighted by Crippen LogP contribution is 2.22. The number of hydrogen-bond acceptors (Lipinski definition) is 2. The predicted octanol–water partition coefficient (Wildman–Crippen LogP) is 4.51. The third-order valence-corrected chi connectivity index (χ3v) is 3.71. The van der Waals surface area contributed by atoms with Gasteiger partial charge in [-0.25, -0.2) is 5.43 Å². The predicted molar refractivity (Wildman–Crippen MR) is 87.3 cm³/mol. The summed E-state index contributed by atoms with van der Waals surface area (Å²) in [5.74, 6) is -0.217. The number of carbonyl (C=O) groups is 1. The van der Waals surface area contributed by atoms with E-state index in [1.807, 2.05) is 37.3 Å². The molecule has 0 aliphatic carbocycles. The van der Waals surface area contributed by atoms with Crippen LogP contribution in [0.4, 0.5) is 0 Å². The van der Waals surface area contributed by atoms with Crippen molar-refractivity contribution >= 4 is 35.3 Å². The van der Waals surface area contributed by atoms with Crippen LogP contribution in [0.2, 0.25) is 10.0 Å². The Morgan fingerprint density at radius 1 is 1.14 bits per heavy atom. The quantitative estimate of drug-likeness (QED) is 0.653. The lowest BCUT2D eigenvalue weighted by molar-refractivity contribution is 0.0955. The fourth-order valence-electron chi connectivity index (χ4n) is 1.75. The molecule has 0 bridgehead atoms. The topological polar surface area (TPSA) is 41.5 Å². The first kappa shape index (κ1) is 15.5. The number of halogens is 2. The molecule has 2 aromatic carbocycles. The number of rotatable bonds is 4. The number of benzene rings is 2. The SMILES string of the molecule is C[C@H](/C=N\NC(=O)c1ccc(Cl)c(Cl)c1)c1ccccc1. The fraction of sp³-hybridized carbons (Fsp3) is 0.125. The number of hydrogen-bond donors (Lipinski definition) is 1. The maximum atomic E-state index is 11.9. The van der Waals surface area contributed by atoms with Crippen LogP contribution in [0.25, 0.3) is 0 Å². The number of amides is 1. The van der Waals surface area contributed by atoms with Gasteiger partial charge >= 0.3 is 0 Å². The van der Waals surface area contributed by atoms with Gasteiger partial charge in [-0.2, -0.15) is 5.10 Å². The van der Waals surface area contributed by atoms with Gasteiger partial charge in [0.05, 0.1) is 10.0 Å². The summed E-state index contributed by atoms with van der Waals surface area (Å²) in [7, 11) is 0. The first-order chi connectivity index (χ1) is 10.1. The van der Waals surface area contributed by atoms with Crippen LogP contribution < -0.4 is 5.43 Å². The summed E-state index contributed by atoms with van der Waals surface area (Å²) in [6, 6.07) is 14.6. The first-order valence-corrected chi connectivity index (χ1v) is 7.17. The van der Waals surface area contributed by atoms with Crippen LogP contribution in [0.1, 0.15) is 28.8 Å². The van der Waals surface area contributed by atoms with Crippen molar-refractivity contribution in [3.8, 4) is 0 Å². The van der Waals surface area contributed by atoms with Gasteiger partial charge in [0.15, 0.2) is 0 Å². The summed E-state index contributed by atoms with van der Waals surface area (Å²) < 4.78 is 0. The molecule has 3 nitrogen and oxygen atoms in total. The molecule has 0 aliphatic rings. The third-order valence-electron chi connectivity index (χ3n) is 2.97. The molecule has 0 saturated carbocycles. The van der Waals surface area contributed by atoms with Crippen LogP contribution in [0.15, 0.2) is 53.6 Å². The lowest BCUT2D eigenvalue weighted by Gasteiger charge is -2.05. The van der Waals surface area contributed by atoms with Crippen molar-refractivity contribution in [3.63, 3.8) is 0 Å². The molecule has 108 valence electrons. The second-order valence-electron chi connectivity index (χ2n) is 4.55. The molecular weight excluding hydrogens is 307 g/mol. The second kappa shape index (κ2) is 7.25. The van der Waals surface area contributed by atoms with Crippen molar-refractivity contribution < 1.29 is 4.79 Å². The van der Waals surface area contributed by atoms with E-state index in [1.54, 1.807) is 18.3 Å². The summed E-state index contributed by atoms with van der Waals surface area (Å²) in [5.41, 5.74) is 4.02. The average Bonchev–Trinajstić information content (AvgIpc) is 2.50. The van der Waals surface area contributed by atoms with Crippen LogP contribution in [0, 0.1) is 0 Å². The molecule has 1 amide bonds. The largest absolute Gasteiger partial charge is 0.271 e. The number of carbonyl (C=O) groups excluding carboxylic acids is 1. The summed E-state index contributed by atoms with van der Waals surface area (Å²) >= 11 is 11.7. The maximum Gasteiger partial charge on any atom is 0.271 e. The zero-order valence-electron chi connectivity index (χ0n) is 11.4. The molecule has 0 aromatic heterocycles. The molecule has 0 fully saturated rings. The van der Waals surface area contributed by atoms with Gasteiger partial charge in [-0.1, -0.05) is 60.5 Å². The number of hydrazone groups is 1. The van der Waals surface area contributed by atoms with E-state index in [-0.39, 0.29) is 11.8 Å². The van der Waals surface area contributed by atoms with Gasteiger partial charge < -0.3 is 0 Å². The van der Waals surface area contributed by atoms with E-state index in [0.717, 1.165) is 5.56 Å². The molecule has 0 unspecified atom stereocenters. The standard InChI is InChI=1S/C16H14Cl2N2O/c1-11(12-5-3-2-4-6-12)10-19-20-16(21)13-7-8-14(17)15(18)9-13/h2-11H,1H3,(H,20,21)/b19-10-/t11-/m1/s1. The Kier molecular flexibility index (Phi) is 5.37. The van der Waals surface area contributed by atoms with E-state index in [2.05, 4.69) is 10.5 Å². The van der Waals surface area contributed by atoms with E-state index in [4.69, 9.17) is 23.2 Å². The zero-order valence-corrected chi connectivity index (χ0v) is 12.9. The van der Waals surface area contributed by atoms with Gasteiger partial charge in [-0.15, -0.1) is 0 Å². The lowest BCUT2D eigenvalue weighted by atomic mass is 10.0. The summed E-state index contributed by atoms with van der Waals surface area (Å²) in [5, 5.41) is 4.73. The highest BCUT2D eigenvalue weighted by Gasteiger charge is 2.07. The Balaban J connectivity index is 1.97. The first-order valence-electron chi connectivity index (χ1n) is 6.41. The molecule has 1 N–H and O–H groups in total. The number of nitrogens with zero attached hydrogens (tertiary/aromatic N) is 1. The van der Waals surface area contributed by atoms with Gasteiger partial charge in [-0.3, -0.25) is 4.79 Å². The van der Waals surface area contributed by atoms with Crippen molar-refractivity contribution in [1.29, 1.82) is 0 Å². The molecule has 1 atom stereocenters. The molecule has 2 rings (SSSR count). The van der Waals surface area contributed by atoms with Crippen molar-refractivity contribution in [1.82, 2.24) is 5.43 Å². The Hall–Kier alpha value is -1.84. The fourth-order valence-corrected chi connectivity index (χ4v) is 2.05. The third kappa shape index (κ3) is 4.31. The molecule has 21 heavy (non-hydrogen) atoms. The molecule has 0 heterocycles. The van der Waals surface area contributed by atoms with E-state index in [0.29, 0.717) is 15.6 Å². The van der Waals surface area contributed by atoms with Gasteiger partial charge in [0.1, 0.15) is 0 Å². The highest BCUT2D eigenvalue weighted by atomic mass is 35.5. The van der Waals surface area contributed by atoms with Gasteiger partial charge in [0, 0.05) is 17.7 Å². The maximum absolute atomic E-state index is 11.9. The molecule has 5 heteroatoms. The van der Waals surface area contributed by atoms with Crippen molar-refractivity contribution in [2.75, 3.05) is 0 Å². The van der Waals surface area contributed by atoms with Crippen molar-refractivity contribution in [2.24, 2.45) is 5.10 Å². The minimum Gasteiger partial charge on any atom is -0.267 e. The minimum atomic E-state index is -0.329. The molecule has 2 aromatic rings. The monoisotopic (exact) mass is 320 g/mol. The lowest BCUT2D eigenvalue weighted by Crippen LogP contribution is -2.18. The summed E-state index contributed by atoms with van der Waals surface area (Å²) in [6.07, 6.45) is 1.69. The van der Waals surface area contributed by atoms with Gasteiger partial charge in [0.2, 0.25) is 0 Å². The second-order valence-corrected chi connectivity index (χ2v) is 5.36. The molecule has 0 saturated heterocycles. The van der Waals surface area contributed by atoms with Crippen LogP contribution >= 0.6 is 23.2 Å². The van der Waals surface area contributed by atoms with Crippen LogP contribution in [-0.4, -0.2) is 12.1 Å². The van der Waals surface area contributed by atoms with Crippen LogP contribution in [0.5, 0.6) is 0 Å². The average molecular weight is 321 g/mol. The van der Waals surface area contributed by atoms with Gasteiger partial charge in [0.25, 0.3) is 5.91 Å². The van der Waals surface area contributed by atoms with E-state index in [1.165, 1.54) is 6.07 Å². The molecule has 0 radical (unpaired) electrons. The van der Waals surface area contributed by atoms with Gasteiger partial charge in [-0.05, 0) is 23.8 Å². The summed E-state index contributed by atoms with van der Waals surface area (Å²) in [4.78, 5) is 11.9. The zero-order chi connectivity index (χ0) is 15.2. The van der Waals surface area contributed by atoms with Crippen LogP contribution in [0.3, 0.4) is 0 Å². The Morgan fingerprint density at radius 3 is 2.52 bits per heavy atom. The minimum absolute atomic E-state index is 0.111.